The number of ether oxygens (including phenoxy) is 1. The van der Waals surface area contributed by atoms with Gasteiger partial charge < -0.3 is 15.4 Å². The summed E-state index contributed by atoms with van der Waals surface area (Å²) in [5, 5.41) is 5.53. The molecule has 1 aromatic heterocycles. The van der Waals surface area contributed by atoms with E-state index in [0.717, 1.165) is 19.3 Å². The van der Waals surface area contributed by atoms with Gasteiger partial charge in [-0.25, -0.2) is 4.39 Å². The molecule has 1 aliphatic heterocycles. The molecule has 1 fully saturated rings. The highest BCUT2D eigenvalue weighted by Crippen LogP contribution is 2.15. The Bertz CT molecular complexity index is 470. The van der Waals surface area contributed by atoms with Crippen molar-refractivity contribution in [1.82, 2.24) is 10.3 Å². The normalized spacial score (nSPS) is 21.2. The van der Waals surface area contributed by atoms with Gasteiger partial charge in [-0.1, -0.05) is 25.8 Å². The highest BCUT2D eigenvalue weighted by atomic mass is 19.1. The van der Waals surface area contributed by atoms with Gasteiger partial charge in [0, 0.05) is 19.0 Å². The Morgan fingerprint density at radius 2 is 2.38 bits per heavy atom. The number of nitrogens with zero attached hydrogens (tertiary/aromatic N) is 1. The van der Waals surface area contributed by atoms with Gasteiger partial charge in [-0.2, -0.15) is 4.98 Å². The van der Waals surface area contributed by atoms with Crippen molar-refractivity contribution in [3.05, 3.63) is 18.2 Å². The third kappa shape index (κ3) is 4.97. The average molecular weight is 295 g/mol. The third-order valence-corrected chi connectivity index (χ3v) is 3.37. The summed E-state index contributed by atoms with van der Waals surface area (Å²) < 4.78 is 18.6. The summed E-state index contributed by atoms with van der Waals surface area (Å²) in [5.74, 6) is 0.662. The summed E-state index contributed by atoms with van der Waals surface area (Å²) in [6.45, 7) is 2.98. The summed E-state index contributed by atoms with van der Waals surface area (Å²) in [6, 6.07) is 4.74. The Balaban J connectivity index is 1.84. The van der Waals surface area contributed by atoms with Crippen LogP contribution in [0.3, 0.4) is 0 Å². The number of pyridine rings is 1. The number of unbranched alkanes of at least 4 members (excludes halogenated alkanes) is 2. The zero-order valence-electron chi connectivity index (χ0n) is 12.3. The summed E-state index contributed by atoms with van der Waals surface area (Å²) in [5.41, 5.74) is 0. The zero-order valence-corrected chi connectivity index (χ0v) is 12.3. The van der Waals surface area contributed by atoms with Crippen molar-refractivity contribution in [3.8, 4) is 5.88 Å². The van der Waals surface area contributed by atoms with Crippen LogP contribution >= 0.6 is 0 Å². The Morgan fingerprint density at radius 3 is 3.10 bits per heavy atom. The lowest BCUT2D eigenvalue weighted by Gasteiger charge is -2.11. The van der Waals surface area contributed by atoms with Crippen molar-refractivity contribution in [2.75, 3.05) is 18.5 Å². The second-order valence-corrected chi connectivity index (χ2v) is 5.20. The molecule has 0 bridgehead atoms. The molecule has 1 amide bonds. The maximum Gasteiger partial charge on any atom is 0.242 e. The number of halogens is 1. The second-order valence-electron chi connectivity index (χ2n) is 5.20. The van der Waals surface area contributed by atoms with Gasteiger partial charge in [0.1, 0.15) is 12.0 Å². The Hall–Kier alpha value is -1.69. The zero-order chi connectivity index (χ0) is 15.1. The molecule has 2 atom stereocenters. The van der Waals surface area contributed by atoms with Crippen molar-refractivity contribution < 1.29 is 13.9 Å². The van der Waals surface area contributed by atoms with Crippen LogP contribution in [0.5, 0.6) is 5.88 Å². The van der Waals surface area contributed by atoms with Crippen LogP contribution in [-0.2, 0) is 4.79 Å². The first-order valence-electron chi connectivity index (χ1n) is 7.47. The molecule has 0 spiro atoms. The molecule has 0 aromatic carbocycles. The molecule has 1 aromatic rings. The van der Waals surface area contributed by atoms with E-state index in [1.807, 2.05) is 0 Å². The van der Waals surface area contributed by atoms with Crippen LogP contribution in [0.1, 0.15) is 32.6 Å². The number of carbonyl (C=O) groups is 1. The van der Waals surface area contributed by atoms with E-state index in [9.17, 15) is 9.18 Å². The number of aromatic nitrogens is 1. The molecule has 21 heavy (non-hydrogen) atoms. The lowest BCUT2D eigenvalue weighted by Crippen LogP contribution is -2.35. The highest BCUT2D eigenvalue weighted by molar-refractivity contribution is 5.94. The molecule has 2 N–H and O–H groups in total. The molecule has 2 rings (SSSR count). The number of nitrogens with one attached hydrogen (secondary N) is 2. The first kappa shape index (κ1) is 15.7. The molecular weight excluding hydrogens is 273 g/mol. The Labute approximate surface area is 124 Å². The second kappa shape index (κ2) is 7.93. The van der Waals surface area contributed by atoms with Gasteiger partial charge in [0.05, 0.1) is 12.6 Å². The van der Waals surface area contributed by atoms with E-state index in [1.54, 1.807) is 18.2 Å². The van der Waals surface area contributed by atoms with Gasteiger partial charge >= 0.3 is 0 Å². The number of alkyl halides is 1. The minimum atomic E-state index is -0.957. The predicted octanol–water partition coefficient (Wildman–Crippen LogP) is 2.29. The van der Waals surface area contributed by atoms with Crippen molar-refractivity contribution in [2.24, 2.45) is 0 Å². The fourth-order valence-electron chi connectivity index (χ4n) is 2.20. The molecule has 6 heteroatoms. The maximum atomic E-state index is 13.1. The number of hydrogen-bond acceptors (Lipinski definition) is 4. The number of rotatable bonds is 7. The third-order valence-electron chi connectivity index (χ3n) is 3.37. The first-order valence-corrected chi connectivity index (χ1v) is 7.47. The number of amides is 1. The molecule has 1 saturated heterocycles. The topological polar surface area (TPSA) is 63.2 Å². The standard InChI is InChI=1S/C15H22FN3O2/c1-2-3-4-8-21-14-7-5-6-13(18-14)19-15(20)12-9-11(16)10-17-12/h5-7,11-12,17H,2-4,8-10H2,1H3,(H,18,19,20)/t11-,12+/m1/s1. The van der Waals surface area contributed by atoms with E-state index in [4.69, 9.17) is 4.74 Å². The van der Waals surface area contributed by atoms with Gasteiger partial charge in [0.2, 0.25) is 11.8 Å². The molecule has 0 unspecified atom stereocenters. The van der Waals surface area contributed by atoms with E-state index < -0.39 is 12.2 Å². The number of hydrogen-bond donors (Lipinski definition) is 2. The average Bonchev–Trinajstić information content (AvgIpc) is 2.91. The molecule has 0 radical (unpaired) electrons. The van der Waals surface area contributed by atoms with E-state index in [0.29, 0.717) is 18.3 Å². The van der Waals surface area contributed by atoms with Crippen LogP contribution in [0, 0.1) is 0 Å². The largest absolute Gasteiger partial charge is 0.478 e. The summed E-state index contributed by atoms with van der Waals surface area (Å²) >= 11 is 0. The molecular formula is C15H22FN3O2. The molecule has 0 saturated carbocycles. The molecule has 5 nitrogen and oxygen atoms in total. The van der Waals surface area contributed by atoms with Gasteiger partial charge in [-0.15, -0.1) is 0 Å². The van der Waals surface area contributed by atoms with Crippen LogP contribution in [0.4, 0.5) is 10.2 Å². The van der Waals surface area contributed by atoms with Crippen LogP contribution in [0.15, 0.2) is 18.2 Å². The van der Waals surface area contributed by atoms with Crippen molar-refractivity contribution in [1.29, 1.82) is 0 Å². The molecule has 1 aliphatic rings. The maximum absolute atomic E-state index is 13.1. The van der Waals surface area contributed by atoms with Crippen LogP contribution in [0.25, 0.3) is 0 Å². The van der Waals surface area contributed by atoms with Gasteiger partial charge in [-0.3, -0.25) is 4.79 Å². The fourth-order valence-corrected chi connectivity index (χ4v) is 2.20. The van der Waals surface area contributed by atoms with Gasteiger partial charge in [0.15, 0.2) is 0 Å². The predicted molar refractivity (Wildman–Crippen MR) is 79.2 cm³/mol. The quantitative estimate of drug-likeness (QED) is 0.758. The Morgan fingerprint density at radius 1 is 1.52 bits per heavy atom. The Kier molecular flexibility index (Phi) is 5.92. The molecule has 116 valence electrons. The number of carbonyl (C=O) groups excluding carboxylic acids is 1. The van der Waals surface area contributed by atoms with Crippen molar-refractivity contribution >= 4 is 11.7 Å². The lowest BCUT2D eigenvalue weighted by molar-refractivity contribution is -0.117. The van der Waals surface area contributed by atoms with E-state index in [-0.39, 0.29) is 18.9 Å². The van der Waals surface area contributed by atoms with E-state index >= 15 is 0 Å². The smallest absolute Gasteiger partial charge is 0.242 e. The minimum absolute atomic E-state index is 0.207. The fraction of sp³-hybridized carbons (Fsp3) is 0.600. The minimum Gasteiger partial charge on any atom is -0.478 e. The summed E-state index contributed by atoms with van der Waals surface area (Å²) in [7, 11) is 0. The van der Waals surface area contributed by atoms with Crippen molar-refractivity contribution in [2.45, 2.75) is 44.8 Å². The van der Waals surface area contributed by atoms with Crippen LogP contribution in [0.2, 0.25) is 0 Å². The highest BCUT2D eigenvalue weighted by Gasteiger charge is 2.29. The van der Waals surface area contributed by atoms with Gasteiger partial charge in [-0.05, 0) is 12.5 Å². The lowest BCUT2D eigenvalue weighted by atomic mass is 10.2. The first-order chi connectivity index (χ1) is 10.2. The van der Waals surface area contributed by atoms with E-state index in [2.05, 4.69) is 22.5 Å². The van der Waals surface area contributed by atoms with Crippen molar-refractivity contribution in [3.63, 3.8) is 0 Å². The monoisotopic (exact) mass is 295 g/mol. The summed E-state index contributed by atoms with van der Waals surface area (Å²) in [4.78, 5) is 16.2. The summed E-state index contributed by atoms with van der Waals surface area (Å²) in [6.07, 6.45) is 2.49. The van der Waals surface area contributed by atoms with Crippen LogP contribution < -0.4 is 15.4 Å². The van der Waals surface area contributed by atoms with E-state index in [1.165, 1.54) is 0 Å². The number of anilines is 1. The molecule has 2 heterocycles. The molecule has 0 aliphatic carbocycles. The van der Waals surface area contributed by atoms with Gasteiger partial charge in [0.25, 0.3) is 0 Å². The van der Waals surface area contributed by atoms with Crippen LogP contribution in [-0.4, -0.2) is 36.3 Å². The SMILES string of the molecule is CCCCCOc1cccc(NC(=O)[C@@H]2C[C@@H](F)CN2)n1.